The van der Waals surface area contributed by atoms with Crippen LogP contribution in [0.2, 0.25) is 0 Å². The van der Waals surface area contributed by atoms with Crippen LogP contribution in [0.4, 0.5) is 0 Å². The van der Waals surface area contributed by atoms with Gasteiger partial charge in [-0.05, 0) is 5.57 Å². The average Bonchev–Trinajstić information content (AvgIpc) is 2.45. The first kappa shape index (κ1) is 14.5. The van der Waals surface area contributed by atoms with Crippen LogP contribution in [0.1, 0.15) is 5.56 Å². The Bertz CT molecular complexity index is 514. The molecule has 0 atom stereocenters. The number of ether oxygens (including phenoxy) is 2. The Labute approximate surface area is 111 Å². The van der Waals surface area contributed by atoms with E-state index in [1.807, 2.05) is 6.07 Å². The lowest BCUT2D eigenvalue weighted by atomic mass is 10.2. The Balaban J connectivity index is 2.61. The van der Waals surface area contributed by atoms with Crippen molar-refractivity contribution < 1.29 is 9.47 Å². The van der Waals surface area contributed by atoms with Crippen LogP contribution in [-0.2, 0) is 4.74 Å². The molecule has 0 radical (unpaired) electrons. The minimum Gasteiger partial charge on any atom is -0.461 e. The fraction of sp³-hybridized carbons (Fsp3) is 0.231. The number of hydrogen-bond donors (Lipinski definition) is 0. The summed E-state index contributed by atoms with van der Waals surface area (Å²) in [5.74, 6) is 0. The smallest absolute Gasteiger partial charge is 0.316 e. The standard InChI is InChI=1S/C13H14N4O2/c1-10(7-15-11(2)6-14)12-8-16-13(17-9-12)19-5-4-18-3/h7-9H,1-2,4-5H2,3H3/b15-7+. The number of hydrogen-bond acceptors (Lipinski definition) is 6. The molecule has 19 heavy (non-hydrogen) atoms. The van der Waals surface area contributed by atoms with Crippen LogP contribution in [0.25, 0.3) is 5.57 Å². The molecule has 1 rings (SSSR count). The molecule has 0 aliphatic heterocycles. The quantitative estimate of drug-likeness (QED) is 0.422. The summed E-state index contributed by atoms with van der Waals surface area (Å²) < 4.78 is 10.1. The van der Waals surface area contributed by atoms with Gasteiger partial charge in [0.15, 0.2) is 0 Å². The predicted octanol–water partition coefficient (Wildman–Crippen LogP) is 1.62. The molecule has 0 fully saturated rings. The van der Waals surface area contributed by atoms with Crippen molar-refractivity contribution in [3.8, 4) is 12.1 Å². The van der Waals surface area contributed by atoms with Gasteiger partial charge in [-0.3, -0.25) is 0 Å². The van der Waals surface area contributed by atoms with Gasteiger partial charge in [0, 0.05) is 31.3 Å². The molecule has 98 valence electrons. The van der Waals surface area contributed by atoms with Crippen LogP contribution in [0, 0.1) is 11.3 Å². The third-order valence-corrected chi connectivity index (χ3v) is 2.02. The van der Waals surface area contributed by atoms with Crippen LogP contribution in [0.15, 0.2) is 36.2 Å². The van der Waals surface area contributed by atoms with Crippen molar-refractivity contribution in [2.24, 2.45) is 4.99 Å². The lowest BCUT2D eigenvalue weighted by Crippen LogP contribution is -2.06. The zero-order valence-electron chi connectivity index (χ0n) is 10.7. The normalized spacial score (nSPS) is 10.1. The molecule has 1 heterocycles. The van der Waals surface area contributed by atoms with E-state index in [9.17, 15) is 0 Å². The molecular formula is C13H14N4O2. The first-order chi connectivity index (χ1) is 9.17. The molecule has 0 aliphatic carbocycles. The van der Waals surface area contributed by atoms with Gasteiger partial charge in [0.25, 0.3) is 0 Å². The third-order valence-electron chi connectivity index (χ3n) is 2.02. The molecule has 0 aliphatic rings. The molecule has 0 spiro atoms. The summed E-state index contributed by atoms with van der Waals surface area (Å²) in [5, 5.41) is 8.51. The highest BCUT2D eigenvalue weighted by molar-refractivity contribution is 6.08. The summed E-state index contributed by atoms with van der Waals surface area (Å²) >= 11 is 0. The molecule has 6 heteroatoms. The zero-order chi connectivity index (χ0) is 14.1. The molecule has 0 unspecified atom stereocenters. The molecule has 0 amide bonds. The fourth-order valence-corrected chi connectivity index (χ4v) is 1.03. The van der Waals surface area contributed by atoms with E-state index in [0.717, 1.165) is 0 Å². The monoisotopic (exact) mass is 258 g/mol. The van der Waals surface area contributed by atoms with Gasteiger partial charge in [-0.2, -0.15) is 5.26 Å². The molecule has 0 aromatic carbocycles. The summed E-state index contributed by atoms with van der Waals surface area (Å²) in [5.41, 5.74) is 1.38. The molecule has 1 aromatic heterocycles. The van der Waals surface area contributed by atoms with Crippen molar-refractivity contribution >= 4 is 11.8 Å². The summed E-state index contributed by atoms with van der Waals surface area (Å²) in [4.78, 5) is 11.9. The minimum absolute atomic E-state index is 0.113. The highest BCUT2D eigenvalue weighted by Gasteiger charge is 2.01. The number of nitriles is 1. The van der Waals surface area contributed by atoms with E-state index in [4.69, 9.17) is 14.7 Å². The van der Waals surface area contributed by atoms with Crippen LogP contribution in [0.5, 0.6) is 6.01 Å². The minimum atomic E-state index is 0.113. The summed E-state index contributed by atoms with van der Waals surface area (Å²) in [7, 11) is 1.59. The lowest BCUT2D eigenvalue weighted by Gasteiger charge is -2.04. The second-order valence-corrected chi connectivity index (χ2v) is 3.44. The molecule has 1 aromatic rings. The third kappa shape index (κ3) is 5.10. The van der Waals surface area contributed by atoms with Gasteiger partial charge < -0.3 is 9.47 Å². The molecule has 0 bridgehead atoms. The van der Waals surface area contributed by atoms with E-state index in [1.54, 1.807) is 19.5 Å². The Hall–Kier alpha value is -2.52. The second-order valence-electron chi connectivity index (χ2n) is 3.44. The summed E-state index contributed by atoms with van der Waals surface area (Å²) in [6.07, 6.45) is 4.58. The van der Waals surface area contributed by atoms with E-state index < -0.39 is 0 Å². The van der Waals surface area contributed by atoms with E-state index in [2.05, 4.69) is 28.1 Å². The van der Waals surface area contributed by atoms with Crippen molar-refractivity contribution in [1.82, 2.24) is 9.97 Å². The Morgan fingerprint density at radius 1 is 1.42 bits per heavy atom. The maximum absolute atomic E-state index is 8.51. The van der Waals surface area contributed by atoms with Crippen molar-refractivity contribution in [2.45, 2.75) is 0 Å². The maximum atomic E-state index is 8.51. The van der Waals surface area contributed by atoms with E-state index in [1.165, 1.54) is 6.21 Å². The summed E-state index contributed by atoms with van der Waals surface area (Å²) in [6, 6.07) is 2.08. The number of aliphatic imine (C=N–C) groups is 1. The van der Waals surface area contributed by atoms with Gasteiger partial charge in [0.2, 0.25) is 0 Å². The maximum Gasteiger partial charge on any atom is 0.316 e. The van der Waals surface area contributed by atoms with Gasteiger partial charge in [0.05, 0.1) is 6.61 Å². The van der Waals surface area contributed by atoms with E-state index >= 15 is 0 Å². The van der Waals surface area contributed by atoms with Gasteiger partial charge >= 0.3 is 6.01 Å². The van der Waals surface area contributed by atoms with Crippen LogP contribution in [0.3, 0.4) is 0 Å². The first-order valence-corrected chi connectivity index (χ1v) is 5.43. The van der Waals surface area contributed by atoms with Gasteiger partial charge in [0.1, 0.15) is 18.4 Å². The molecular weight excluding hydrogens is 244 g/mol. The summed E-state index contributed by atoms with van der Waals surface area (Å²) in [6.45, 7) is 8.09. The van der Waals surface area contributed by atoms with Crippen LogP contribution in [-0.4, -0.2) is 36.5 Å². The van der Waals surface area contributed by atoms with Crippen molar-refractivity contribution in [2.75, 3.05) is 20.3 Å². The van der Waals surface area contributed by atoms with Crippen LogP contribution < -0.4 is 4.74 Å². The predicted molar refractivity (Wildman–Crippen MR) is 71.7 cm³/mol. The average molecular weight is 258 g/mol. The largest absolute Gasteiger partial charge is 0.461 e. The van der Waals surface area contributed by atoms with E-state index in [0.29, 0.717) is 24.4 Å². The highest BCUT2D eigenvalue weighted by Crippen LogP contribution is 2.10. The second kappa shape index (κ2) is 7.74. The van der Waals surface area contributed by atoms with E-state index in [-0.39, 0.29) is 11.7 Å². The molecule has 6 nitrogen and oxygen atoms in total. The Kier molecular flexibility index (Phi) is 5.92. The number of nitrogens with zero attached hydrogens (tertiary/aromatic N) is 4. The Morgan fingerprint density at radius 3 is 2.68 bits per heavy atom. The SMILES string of the molecule is C=C(C#N)/N=C/C(=C)c1cnc(OCCOC)nc1. The molecule has 0 saturated heterocycles. The van der Waals surface area contributed by atoms with Gasteiger partial charge in [-0.1, -0.05) is 13.2 Å². The number of aromatic nitrogens is 2. The van der Waals surface area contributed by atoms with Gasteiger partial charge in [-0.25, -0.2) is 15.0 Å². The number of allylic oxidation sites excluding steroid dienone is 2. The zero-order valence-corrected chi connectivity index (χ0v) is 10.7. The fourth-order valence-electron chi connectivity index (χ4n) is 1.03. The van der Waals surface area contributed by atoms with Crippen molar-refractivity contribution in [1.29, 1.82) is 5.26 Å². The molecule has 0 saturated carbocycles. The molecule has 0 N–H and O–H groups in total. The topological polar surface area (TPSA) is 80.4 Å². The van der Waals surface area contributed by atoms with Crippen molar-refractivity contribution in [3.63, 3.8) is 0 Å². The first-order valence-electron chi connectivity index (χ1n) is 5.43. The lowest BCUT2D eigenvalue weighted by molar-refractivity contribution is 0.141. The van der Waals surface area contributed by atoms with Crippen LogP contribution >= 0.6 is 0 Å². The Morgan fingerprint density at radius 2 is 2.11 bits per heavy atom. The van der Waals surface area contributed by atoms with Crippen molar-refractivity contribution in [3.05, 3.63) is 36.8 Å². The number of methoxy groups -OCH3 is 1. The number of rotatable bonds is 7. The van der Waals surface area contributed by atoms with Gasteiger partial charge in [-0.15, -0.1) is 0 Å². The highest BCUT2D eigenvalue weighted by atomic mass is 16.5.